The van der Waals surface area contributed by atoms with Gasteiger partial charge in [-0.3, -0.25) is 0 Å². The van der Waals surface area contributed by atoms with Crippen molar-refractivity contribution in [3.05, 3.63) is 28.8 Å². The number of methoxy groups -OCH3 is 1. The van der Waals surface area contributed by atoms with E-state index < -0.39 is 5.97 Å². The highest BCUT2D eigenvalue weighted by molar-refractivity contribution is 5.71. The van der Waals surface area contributed by atoms with E-state index >= 15 is 0 Å². The van der Waals surface area contributed by atoms with E-state index in [0.717, 1.165) is 42.0 Å². The average molecular weight is 281 g/mol. The van der Waals surface area contributed by atoms with Crippen LogP contribution in [-0.4, -0.2) is 37.9 Å². The van der Waals surface area contributed by atoms with E-state index in [0.29, 0.717) is 0 Å². The summed E-state index contributed by atoms with van der Waals surface area (Å²) in [4.78, 5) is 11.1. The number of rotatable bonds is 8. The van der Waals surface area contributed by atoms with Gasteiger partial charge in [0.25, 0.3) is 0 Å². The van der Waals surface area contributed by atoms with Crippen molar-refractivity contribution in [1.82, 2.24) is 5.32 Å². The van der Waals surface area contributed by atoms with Gasteiger partial charge >= 0.3 is 5.97 Å². The Morgan fingerprint density at radius 1 is 1.30 bits per heavy atom. The van der Waals surface area contributed by atoms with Gasteiger partial charge in [0.15, 0.2) is 6.61 Å². The Morgan fingerprint density at radius 3 is 2.50 bits per heavy atom. The van der Waals surface area contributed by atoms with E-state index in [2.05, 4.69) is 10.1 Å². The van der Waals surface area contributed by atoms with E-state index in [1.807, 2.05) is 26.0 Å². The number of aliphatic hydroxyl groups is 1. The Labute approximate surface area is 119 Å². The van der Waals surface area contributed by atoms with Crippen LogP contribution in [0.2, 0.25) is 0 Å². The molecule has 5 heteroatoms. The van der Waals surface area contributed by atoms with Crippen LogP contribution < -0.4 is 10.1 Å². The molecule has 0 spiro atoms. The third-order valence-electron chi connectivity index (χ3n) is 2.92. The highest BCUT2D eigenvalue weighted by Crippen LogP contribution is 2.24. The minimum Gasteiger partial charge on any atom is -0.481 e. The lowest BCUT2D eigenvalue weighted by molar-refractivity contribution is -0.142. The second kappa shape index (κ2) is 8.55. The number of esters is 1. The summed E-state index contributed by atoms with van der Waals surface area (Å²) in [6.07, 6.45) is 0.748. The van der Waals surface area contributed by atoms with Crippen LogP contribution in [0.25, 0.3) is 0 Å². The topological polar surface area (TPSA) is 67.8 Å². The first-order valence-electron chi connectivity index (χ1n) is 6.69. The fourth-order valence-electron chi connectivity index (χ4n) is 2.00. The van der Waals surface area contributed by atoms with Gasteiger partial charge < -0.3 is 19.9 Å². The molecule has 20 heavy (non-hydrogen) atoms. The molecule has 5 nitrogen and oxygen atoms in total. The Kier molecular flexibility index (Phi) is 7.04. The molecule has 0 atom stereocenters. The van der Waals surface area contributed by atoms with Crippen LogP contribution in [-0.2, 0) is 16.1 Å². The number of carbonyl (C=O) groups is 1. The normalized spacial score (nSPS) is 10.4. The lowest BCUT2D eigenvalue weighted by atomic mass is 10.1. The van der Waals surface area contributed by atoms with Gasteiger partial charge in [-0.1, -0.05) is 12.1 Å². The summed E-state index contributed by atoms with van der Waals surface area (Å²) < 4.78 is 10.0. The second-order valence-electron chi connectivity index (χ2n) is 4.68. The number of ether oxygens (including phenoxy) is 2. The quantitative estimate of drug-likeness (QED) is 0.556. The monoisotopic (exact) mass is 281 g/mol. The van der Waals surface area contributed by atoms with Crippen LogP contribution in [0.15, 0.2) is 12.1 Å². The van der Waals surface area contributed by atoms with Gasteiger partial charge in [0.2, 0.25) is 0 Å². The van der Waals surface area contributed by atoms with Crippen LogP contribution >= 0.6 is 0 Å². The van der Waals surface area contributed by atoms with Gasteiger partial charge in [-0.2, -0.15) is 0 Å². The number of nitrogens with one attached hydrogen (secondary N) is 1. The minimum atomic E-state index is -0.390. The molecule has 0 aromatic heterocycles. The van der Waals surface area contributed by atoms with Gasteiger partial charge in [0, 0.05) is 13.2 Å². The SMILES string of the molecule is COC(=O)COc1c(C)cc(CNCCCO)cc1C. The van der Waals surface area contributed by atoms with Gasteiger partial charge in [-0.15, -0.1) is 0 Å². The predicted molar refractivity (Wildman–Crippen MR) is 76.8 cm³/mol. The fourth-order valence-corrected chi connectivity index (χ4v) is 2.00. The summed E-state index contributed by atoms with van der Waals surface area (Å²) in [6, 6.07) is 4.07. The first kappa shape index (κ1) is 16.5. The van der Waals surface area contributed by atoms with Crippen molar-refractivity contribution in [3.8, 4) is 5.75 Å². The van der Waals surface area contributed by atoms with Crippen LogP contribution in [0.4, 0.5) is 0 Å². The number of hydrogen-bond acceptors (Lipinski definition) is 5. The molecule has 0 saturated carbocycles. The summed E-state index contributed by atoms with van der Waals surface area (Å²) in [5.74, 6) is 0.341. The molecule has 0 unspecified atom stereocenters. The molecule has 0 saturated heterocycles. The fraction of sp³-hybridized carbons (Fsp3) is 0.533. The van der Waals surface area contributed by atoms with Crippen molar-refractivity contribution in [2.24, 2.45) is 0 Å². The first-order valence-corrected chi connectivity index (χ1v) is 6.69. The molecule has 0 heterocycles. The van der Waals surface area contributed by atoms with Gasteiger partial charge in [-0.05, 0) is 43.5 Å². The summed E-state index contributed by atoms with van der Waals surface area (Å²) in [5, 5.41) is 12.0. The van der Waals surface area contributed by atoms with Crippen molar-refractivity contribution >= 4 is 5.97 Å². The molecule has 1 aromatic carbocycles. The molecule has 0 bridgehead atoms. The number of carbonyl (C=O) groups excluding carboxylic acids is 1. The van der Waals surface area contributed by atoms with E-state index in [4.69, 9.17) is 9.84 Å². The number of aliphatic hydroxyl groups excluding tert-OH is 1. The molecule has 1 rings (SSSR count). The van der Waals surface area contributed by atoms with Crippen LogP contribution in [0.5, 0.6) is 5.75 Å². The van der Waals surface area contributed by atoms with E-state index in [-0.39, 0.29) is 13.2 Å². The zero-order chi connectivity index (χ0) is 15.0. The Hall–Kier alpha value is -1.59. The molecule has 0 radical (unpaired) electrons. The lowest BCUT2D eigenvalue weighted by Crippen LogP contribution is -2.16. The molecule has 1 aromatic rings. The largest absolute Gasteiger partial charge is 0.481 e. The lowest BCUT2D eigenvalue weighted by Gasteiger charge is -2.13. The summed E-state index contributed by atoms with van der Waals surface area (Å²) in [7, 11) is 1.34. The van der Waals surface area contributed by atoms with Gasteiger partial charge in [0.1, 0.15) is 5.75 Å². The van der Waals surface area contributed by atoms with E-state index in [9.17, 15) is 4.79 Å². The summed E-state index contributed by atoms with van der Waals surface area (Å²) in [6.45, 7) is 5.57. The molecule has 112 valence electrons. The molecule has 0 fully saturated rings. The smallest absolute Gasteiger partial charge is 0.343 e. The van der Waals surface area contributed by atoms with E-state index in [1.165, 1.54) is 7.11 Å². The molecule has 0 aliphatic heterocycles. The van der Waals surface area contributed by atoms with Crippen molar-refractivity contribution < 1.29 is 19.4 Å². The summed E-state index contributed by atoms with van der Waals surface area (Å²) >= 11 is 0. The molecule has 0 amide bonds. The average Bonchev–Trinajstić information content (AvgIpc) is 2.42. The maximum Gasteiger partial charge on any atom is 0.343 e. The maximum atomic E-state index is 11.1. The molecule has 2 N–H and O–H groups in total. The third-order valence-corrected chi connectivity index (χ3v) is 2.92. The van der Waals surface area contributed by atoms with Gasteiger partial charge in [0.05, 0.1) is 7.11 Å². The zero-order valence-corrected chi connectivity index (χ0v) is 12.4. The highest BCUT2D eigenvalue weighted by Gasteiger charge is 2.09. The first-order chi connectivity index (χ1) is 9.58. The minimum absolute atomic E-state index is 0.0771. The summed E-state index contributed by atoms with van der Waals surface area (Å²) in [5.41, 5.74) is 3.14. The molecule has 0 aliphatic carbocycles. The Balaban J connectivity index is 2.63. The second-order valence-corrected chi connectivity index (χ2v) is 4.68. The predicted octanol–water partition coefficient (Wildman–Crippen LogP) is 1.33. The number of benzene rings is 1. The van der Waals surface area contributed by atoms with Crippen LogP contribution in [0, 0.1) is 13.8 Å². The third kappa shape index (κ3) is 5.19. The van der Waals surface area contributed by atoms with E-state index in [1.54, 1.807) is 0 Å². The van der Waals surface area contributed by atoms with Crippen molar-refractivity contribution in [2.75, 3.05) is 26.9 Å². The Morgan fingerprint density at radius 2 is 1.95 bits per heavy atom. The zero-order valence-electron chi connectivity index (χ0n) is 12.4. The number of hydrogen-bond donors (Lipinski definition) is 2. The highest BCUT2D eigenvalue weighted by atomic mass is 16.6. The van der Waals surface area contributed by atoms with Gasteiger partial charge in [-0.25, -0.2) is 4.79 Å². The van der Waals surface area contributed by atoms with Crippen molar-refractivity contribution in [1.29, 1.82) is 0 Å². The van der Waals surface area contributed by atoms with Crippen molar-refractivity contribution in [2.45, 2.75) is 26.8 Å². The molecular weight excluding hydrogens is 258 g/mol. The van der Waals surface area contributed by atoms with Crippen LogP contribution in [0.3, 0.4) is 0 Å². The van der Waals surface area contributed by atoms with Crippen molar-refractivity contribution in [3.63, 3.8) is 0 Å². The molecular formula is C15H23NO4. The standard InChI is InChI=1S/C15H23NO4/c1-11-7-13(9-16-5-4-6-17)8-12(2)15(11)20-10-14(18)19-3/h7-8,16-17H,4-6,9-10H2,1-3H3. The maximum absolute atomic E-state index is 11.1. The Bertz CT molecular complexity index is 422. The van der Waals surface area contributed by atoms with Crippen LogP contribution in [0.1, 0.15) is 23.1 Å². The number of aryl methyl sites for hydroxylation is 2. The molecule has 0 aliphatic rings.